The lowest BCUT2D eigenvalue weighted by molar-refractivity contribution is -0.114. The van der Waals surface area contributed by atoms with E-state index < -0.39 is 0 Å². The Morgan fingerprint density at radius 3 is 2.48 bits per heavy atom. The number of amides is 1. The molecular weight excluding hydrogens is 338 g/mol. The third-order valence-electron chi connectivity index (χ3n) is 4.13. The molecule has 0 atom stereocenters. The molecular formula is C22H19N3O2. The van der Waals surface area contributed by atoms with Gasteiger partial charge in [0.05, 0.1) is 11.0 Å². The van der Waals surface area contributed by atoms with Crippen LogP contribution in [0.15, 0.2) is 72.8 Å². The van der Waals surface area contributed by atoms with E-state index >= 15 is 0 Å². The highest BCUT2D eigenvalue weighted by Crippen LogP contribution is 2.23. The summed E-state index contributed by atoms with van der Waals surface area (Å²) in [4.78, 5) is 19.1. The minimum atomic E-state index is -0.0908. The molecule has 0 radical (unpaired) electrons. The summed E-state index contributed by atoms with van der Waals surface area (Å²) in [6.45, 7) is 1.49. The van der Waals surface area contributed by atoms with Crippen LogP contribution in [0.2, 0.25) is 0 Å². The van der Waals surface area contributed by atoms with Gasteiger partial charge < -0.3 is 15.0 Å². The van der Waals surface area contributed by atoms with Crippen LogP contribution in [0, 0.1) is 0 Å². The number of carbonyl (C=O) groups excluding carboxylic acids is 1. The van der Waals surface area contributed by atoms with Gasteiger partial charge in [0.2, 0.25) is 5.91 Å². The number of nitrogens with zero attached hydrogens (tertiary/aromatic N) is 1. The van der Waals surface area contributed by atoms with Crippen LogP contribution in [0.25, 0.3) is 11.0 Å². The average molecular weight is 357 g/mol. The number of carbonyl (C=O) groups is 1. The summed E-state index contributed by atoms with van der Waals surface area (Å²) < 4.78 is 5.82. The average Bonchev–Trinajstić information content (AvgIpc) is 3.05. The van der Waals surface area contributed by atoms with Crippen LogP contribution in [0.1, 0.15) is 18.3 Å². The summed E-state index contributed by atoms with van der Waals surface area (Å²) in [5, 5.41) is 2.78. The van der Waals surface area contributed by atoms with Gasteiger partial charge in [0.1, 0.15) is 17.3 Å². The highest BCUT2D eigenvalue weighted by molar-refractivity contribution is 5.91. The Kier molecular flexibility index (Phi) is 4.58. The quantitative estimate of drug-likeness (QED) is 0.533. The van der Waals surface area contributed by atoms with Gasteiger partial charge in [-0.3, -0.25) is 4.79 Å². The highest BCUT2D eigenvalue weighted by Gasteiger charge is 2.06. The summed E-state index contributed by atoms with van der Waals surface area (Å²) in [6.07, 6.45) is 0.690. The molecule has 2 N–H and O–H groups in total. The molecule has 5 heteroatoms. The molecule has 0 saturated heterocycles. The number of para-hydroxylation sites is 1. The number of aromatic nitrogens is 2. The van der Waals surface area contributed by atoms with Gasteiger partial charge in [-0.05, 0) is 48.0 Å². The maximum atomic E-state index is 11.2. The molecule has 0 spiro atoms. The fraction of sp³-hybridized carbons (Fsp3) is 0.0909. The van der Waals surface area contributed by atoms with Crippen LogP contribution in [0.4, 0.5) is 5.69 Å². The van der Waals surface area contributed by atoms with E-state index in [1.54, 1.807) is 0 Å². The molecule has 0 saturated carbocycles. The predicted molar refractivity (Wildman–Crippen MR) is 106 cm³/mol. The van der Waals surface area contributed by atoms with Crippen LogP contribution in [0.5, 0.6) is 11.5 Å². The first-order valence-electron chi connectivity index (χ1n) is 8.74. The van der Waals surface area contributed by atoms with Crippen molar-refractivity contribution >= 4 is 22.6 Å². The molecule has 5 nitrogen and oxygen atoms in total. The van der Waals surface area contributed by atoms with Crippen LogP contribution < -0.4 is 10.1 Å². The van der Waals surface area contributed by atoms with E-state index in [0.29, 0.717) is 6.42 Å². The van der Waals surface area contributed by atoms with Gasteiger partial charge in [-0.1, -0.05) is 30.3 Å². The van der Waals surface area contributed by atoms with E-state index in [4.69, 9.17) is 4.74 Å². The maximum Gasteiger partial charge on any atom is 0.221 e. The van der Waals surface area contributed by atoms with E-state index in [-0.39, 0.29) is 5.91 Å². The summed E-state index contributed by atoms with van der Waals surface area (Å²) in [6, 6.07) is 23.3. The third kappa shape index (κ3) is 4.15. The Balaban J connectivity index is 1.47. The molecule has 1 aromatic heterocycles. The first kappa shape index (κ1) is 16.8. The minimum Gasteiger partial charge on any atom is -0.457 e. The number of nitrogens with one attached hydrogen (secondary N) is 2. The topological polar surface area (TPSA) is 67.0 Å². The molecule has 0 aliphatic rings. The van der Waals surface area contributed by atoms with Gasteiger partial charge in [-0.25, -0.2) is 4.98 Å². The second-order valence-electron chi connectivity index (χ2n) is 6.33. The van der Waals surface area contributed by atoms with Crippen molar-refractivity contribution in [1.82, 2.24) is 9.97 Å². The lowest BCUT2D eigenvalue weighted by Crippen LogP contribution is -2.05. The fourth-order valence-electron chi connectivity index (χ4n) is 2.92. The summed E-state index contributed by atoms with van der Waals surface area (Å²) >= 11 is 0. The second-order valence-corrected chi connectivity index (χ2v) is 6.33. The van der Waals surface area contributed by atoms with Gasteiger partial charge in [0, 0.05) is 19.0 Å². The number of rotatable bonds is 5. The minimum absolute atomic E-state index is 0.0908. The molecule has 1 heterocycles. The smallest absolute Gasteiger partial charge is 0.221 e. The number of ether oxygens (including phenoxy) is 1. The molecule has 0 fully saturated rings. The van der Waals surface area contributed by atoms with Crippen LogP contribution in [-0.2, 0) is 11.2 Å². The summed E-state index contributed by atoms with van der Waals surface area (Å²) in [5.74, 6) is 2.40. The molecule has 0 bridgehead atoms. The van der Waals surface area contributed by atoms with Gasteiger partial charge in [-0.2, -0.15) is 0 Å². The Morgan fingerprint density at radius 1 is 1.00 bits per heavy atom. The summed E-state index contributed by atoms with van der Waals surface area (Å²) in [7, 11) is 0. The van der Waals surface area contributed by atoms with Crippen molar-refractivity contribution in [3.8, 4) is 11.5 Å². The molecule has 27 heavy (non-hydrogen) atoms. The highest BCUT2D eigenvalue weighted by atomic mass is 16.5. The van der Waals surface area contributed by atoms with E-state index in [2.05, 4.69) is 15.3 Å². The molecule has 0 unspecified atom stereocenters. The monoisotopic (exact) mass is 357 g/mol. The number of anilines is 1. The zero-order valence-electron chi connectivity index (χ0n) is 14.9. The van der Waals surface area contributed by atoms with E-state index in [9.17, 15) is 4.79 Å². The summed E-state index contributed by atoms with van der Waals surface area (Å²) in [5.41, 5.74) is 3.67. The molecule has 0 aliphatic heterocycles. The van der Waals surface area contributed by atoms with E-state index in [1.807, 2.05) is 72.8 Å². The van der Waals surface area contributed by atoms with E-state index in [0.717, 1.165) is 39.6 Å². The lowest BCUT2D eigenvalue weighted by atomic mass is 10.1. The maximum absolute atomic E-state index is 11.2. The van der Waals surface area contributed by atoms with Gasteiger partial charge >= 0.3 is 0 Å². The number of benzene rings is 3. The van der Waals surface area contributed by atoms with Gasteiger partial charge in [0.15, 0.2) is 0 Å². The first-order chi connectivity index (χ1) is 13.2. The Morgan fingerprint density at radius 2 is 1.74 bits per heavy atom. The number of H-pyrrole nitrogens is 1. The first-order valence-corrected chi connectivity index (χ1v) is 8.74. The number of imidazole rings is 1. The molecule has 4 rings (SSSR count). The van der Waals surface area contributed by atoms with Gasteiger partial charge in [-0.15, -0.1) is 0 Å². The standard InChI is InChI=1S/C22H19N3O2/c1-15(26)23-17-9-12-20-21(14-17)25-22(24-20)13-16-7-10-19(11-8-16)27-18-5-3-2-4-6-18/h2-12,14H,13H2,1H3,(H,23,26)(H,24,25). The lowest BCUT2D eigenvalue weighted by Gasteiger charge is -2.06. The van der Waals surface area contributed by atoms with Crippen molar-refractivity contribution in [2.75, 3.05) is 5.32 Å². The number of aromatic amines is 1. The normalized spacial score (nSPS) is 10.7. The molecule has 134 valence electrons. The predicted octanol–water partition coefficient (Wildman–Crippen LogP) is 4.90. The van der Waals surface area contributed by atoms with Crippen molar-refractivity contribution in [1.29, 1.82) is 0 Å². The van der Waals surface area contributed by atoms with Gasteiger partial charge in [0.25, 0.3) is 0 Å². The zero-order chi connectivity index (χ0) is 18.6. The fourth-order valence-corrected chi connectivity index (χ4v) is 2.92. The molecule has 4 aromatic rings. The Bertz CT molecular complexity index is 1070. The SMILES string of the molecule is CC(=O)Nc1ccc2nc(Cc3ccc(Oc4ccccc4)cc3)[nH]c2c1. The number of hydrogen-bond acceptors (Lipinski definition) is 3. The number of hydrogen-bond donors (Lipinski definition) is 2. The van der Waals surface area contributed by atoms with E-state index in [1.165, 1.54) is 6.92 Å². The van der Waals surface area contributed by atoms with Crippen LogP contribution in [-0.4, -0.2) is 15.9 Å². The molecule has 1 amide bonds. The number of fused-ring (bicyclic) bond motifs is 1. The van der Waals surface area contributed by atoms with Crippen molar-refractivity contribution in [3.63, 3.8) is 0 Å². The Labute approximate surface area is 157 Å². The second kappa shape index (κ2) is 7.33. The van der Waals surface area contributed by atoms with Crippen molar-refractivity contribution in [2.24, 2.45) is 0 Å². The Hall–Kier alpha value is -3.60. The van der Waals surface area contributed by atoms with Crippen LogP contribution >= 0.6 is 0 Å². The zero-order valence-corrected chi connectivity index (χ0v) is 14.9. The molecule has 0 aliphatic carbocycles. The van der Waals surface area contributed by atoms with Crippen LogP contribution in [0.3, 0.4) is 0 Å². The van der Waals surface area contributed by atoms with Crippen molar-refractivity contribution in [3.05, 3.63) is 84.2 Å². The third-order valence-corrected chi connectivity index (χ3v) is 4.13. The van der Waals surface area contributed by atoms with Crippen molar-refractivity contribution < 1.29 is 9.53 Å². The molecule has 3 aromatic carbocycles. The largest absolute Gasteiger partial charge is 0.457 e. The van der Waals surface area contributed by atoms with Crippen molar-refractivity contribution in [2.45, 2.75) is 13.3 Å².